The van der Waals surface area contributed by atoms with Crippen molar-refractivity contribution in [3.8, 4) is 0 Å². The molecule has 0 aliphatic carbocycles. The van der Waals surface area contributed by atoms with Gasteiger partial charge in [-0.05, 0) is 0 Å². The number of hydrogen-bond acceptors (Lipinski definition) is 6. The molecule has 0 aliphatic rings. The van der Waals surface area contributed by atoms with Crippen molar-refractivity contribution in [2.45, 2.75) is 25.9 Å². The summed E-state index contributed by atoms with van der Waals surface area (Å²) in [5.74, 6) is -0.180. The second-order valence-electron chi connectivity index (χ2n) is 5.95. The van der Waals surface area contributed by atoms with E-state index in [9.17, 15) is 20.2 Å². The molecule has 10 nitrogen and oxygen atoms in total. The van der Waals surface area contributed by atoms with Crippen molar-refractivity contribution in [3.63, 3.8) is 0 Å². The normalized spacial score (nSPS) is 10.9. The van der Waals surface area contributed by atoms with Gasteiger partial charge in [0.1, 0.15) is 0 Å². The fourth-order valence-corrected chi connectivity index (χ4v) is 6.37. The van der Waals surface area contributed by atoms with E-state index in [2.05, 4.69) is 26.2 Å². The van der Waals surface area contributed by atoms with E-state index in [4.69, 9.17) is 1.37 Å². The van der Waals surface area contributed by atoms with Gasteiger partial charge in [0, 0.05) is 0 Å². The van der Waals surface area contributed by atoms with E-state index in [0.29, 0.717) is 13.1 Å². The maximum absolute atomic E-state index is 10.6. The second-order valence-corrected chi connectivity index (χ2v) is 11.7. The molecule has 30 heavy (non-hydrogen) atoms. The Bertz CT molecular complexity index is 1140. The van der Waals surface area contributed by atoms with Crippen molar-refractivity contribution in [1.82, 2.24) is 19.1 Å². The maximum atomic E-state index is 10.6. The zero-order chi connectivity index (χ0) is 22.2. The number of nitrogens with zero attached hydrogens (tertiary/aromatic N) is 6. The first-order valence-electron chi connectivity index (χ1n) is 9.33. The summed E-state index contributed by atoms with van der Waals surface area (Å²) in [6.45, 7) is 1.21. The van der Waals surface area contributed by atoms with Crippen LogP contribution in [0.5, 0.6) is 0 Å². The molecule has 0 aromatic carbocycles. The predicted molar refractivity (Wildman–Crippen MR) is 112 cm³/mol. The minimum atomic E-state index is -0.486. The van der Waals surface area contributed by atoms with Gasteiger partial charge in [0.2, 0.25) is 0 Å². The molecule has 4 heterocycles. The van der Waals surface area contributed by atoms with Crippen molar-refractivity contribution in [2.24, 2.45) is 0 Å². The molecule has 0 saturated carbocycles. The van der Waals surface area contributed by atoms with E-state index in [1.54, 1.807) is 17.0 Å². The first kappa shape index (κ1) is 21.0. The number of aryl methyl sites for hydroxylation is 4. The number of nitro groups is 2. The fraction of sp³-hybridized carbons (Fsp3) is 0.222. The molecular weight excluding hydrogens is 619 g/mol. The predicted octanol–water partition coefficient (Wildman–Crippen LogP) is 2.18. The van der Waals surface area contributed by atoms with E-state index >= 15 is 0 Å². The summed E-state index contributed by atoms with van der Waals surface area (Å²) in [4.78, 5) is 27.6. The molecule has 0 fully saturated rings. The molecular formula is C18H18N6O4Te2. The van der Waals surface area contributed by atoms with Crippen molar-refractivity contribution in [1.29, 1.82) is 0 Å². The third kappa shape index (κ3) is 6.38. The molecule has 4 aromatic rings. The molecule has 4 aromatic heterocycles. The average Bonchev–Trinajstić information content (AvgIpc) is 3.52. The molecule has 0 amide bonds. The van der Waals surface area contributed by atoms with Crippen LogP contribution in [0.1, 0.15) is 8.53 Å². The van der Waals surface area contributed by atoms with Crippen LogP contribution in [0.4, 0.5) is 11.9 Å². The van der Waals surface area contributed by atoms with Gasteiger partial charge in [0.25, 0.3) is 0 Å². The van der Waals surface area contributed by atoms with Crippen molar-refractivity contribution < 1.29 is 11.2 Å². The molecule has 0 aliphatic heterocycles. The summed E-state index contributed by atoms with van der Waals surface area (Å²) < 4.78 is 16.2. The second kappa shape index (κ2) is 11.2. The van der Waals surface area contributed by atoms with Crippen LogP contribution < -0.4 is 0 Å². The van der Waals surface area contributed by atoms with E-state index < -0.39 is 30.3 Å². The van der Waals surface area contributed by atoms with Gasteiger partial charge in [-0.2, -0.15) is 0 Å². The molecule has 156 valence electrons. The molecule has 4 rings (SSSR count). The zero-order valence-electron chi connectivity index (χ0n) is 16.7. The van der Waals surface area contributed by atoms with Crippen LogP contribution in [0.25, 0.3) is 0 Å². The summed E-state index contributed by atoms with van der Waals surface area (Å²) in [7, 11) is 0. The Hall–Kier alpha value is -2.24. The van der Waals surface area contributed by atoms with Gasteiger partial charge < -0.3 is 0 Å². The van der Waals surface area contributed by atoms with Gasteiger partial charge in [-0.1, -0.05) is 0 Å². The Kier molecular flexibility index (Phi) is 7.87. The van der Waals surface area contributed by atoms with Gasteiger partial charge in [-0.15, -0.1) is 0 Å². The zero-order valence-corrected chi connectivity index (χ0v) is 20.3. The van der Waals surface area contributed by atoms with Crippen LogP contribution in [-0.4, -0.2) is 69.8 Å². The fourth-order valence-electron chi connectivity index (χ4n) is 2.62. The molecule has 0 unspecified atom stereocenters. The van der Waals surface area contributed by atoms with Crippen molar-refractivity contribution in [3.05, 3.63) is 84.6 Å². The molecule has 0 bridgehead atoms. The summed E-state index contributed by atoms with van der Waals surface area (Å²) >= 11 is -0.609. The summed E-state index contributed by atoms with van der Waals surface area (Å²) in [5.41, 5.74) is 0. The Labute approximate surface area is 192 Å². The first-order valence-corrected chi connectivity index (χ1v) is 13.7. The topological polar surface area (TPSA) is 122 Å². The minimum absolute atomic E-state index is 0.0674. The molecule has 0 radical (unpaired) electrons. The van der Waals surface area contributed by atoms with Gasteiger partial charge >= 0.3 is 194 Å². The molecule has 0 N–H and O–H groups in total. The summed E-state index contributed by atoms with van der Waals surface area (Å²) in [6.07, 6.45) is 7.85. The summed E-state index contributed by atoms with van der Waals surface area (Å²) in [5, 5.41) is 21.2. The number of hydrogen-bond donors (Lipinski definition) is 0. The quantitative estimate of drug-likeness (QED) is 0.166. The van der Waals surface area contributed by atoms with Crippen molar-refractivity contribution >= 4 is 52.8 Å². The third-order valence-electron chi connectivity index (χ3n) is 4.02. The van der Waals surface area contributed by atoms with Gasteiger partial charge in [0.15, 0.2) is 0 Å². The van der Waals surface area contributed by atoms with Crippen molar-refractivity contribution in [2.75, 3.05) is 0 Å². The van der Waals surface area contributed by atoms with Crippen LogP contribution in [-0.2, 0) is 25.9 Å². The first-order chi connectivity index (χ1) is 14.9. The molecule has 12 heteroatoms. The Morgan fingerprint density at radius 2 is 1.43 bits per heavy atom. The van der Waals surface area contributed by atoms with Crippen LogP contribution in [0.2, 0.25) is 0 Å². The monoisotopic (exact) mass is 643 g/mol. The molecule has 0 atom stereocenters. The van der Waals surface area contributed by atoms with E-state index in [1.165, 1.54) is 24.1 Å². The Balaban J connectivity index is 0.000000176. The van der Waals surface area contributed by atoms with Gasteiger partial charge in [-0.3, -0.25) is 0 Å². The number of imidazole rings is 2. The third-order valence-corrected chi connectivity index (χ3v) is 9.14. The standard InChI is InChI=1S/2C9H9N3O2Te/c2*13-12(14)9-10-4-6-11(9)5-3-8-2-1-7-15-8/h2*1-2,4,6-7H,3,5H2/i7D;. The Morgan fingerprint density at radius 1 is 0.900 bits per heavy atom. The van der Waals surface area contributed by atoms with E-state index in [0.717, 1.165) is 16.9 Å². The van der Waals surface area contributed by atoms with Gasteiger partial charge in [-0.25, -0.2) is 0 Å². The SMILES string of the molecule is O=[N+]([O-])c1nccn1CCc1ccc[te]1.[2H]c1ccc(CCn2ccnc2[N+](=O)[O-])[te]1. The number of aromatic nitrogens is 4. The van der Waals surface area contributed by atoms with E-state index in [1.807, 2.05) is 12.1 Å². The van der Waals surface area contributed by atoms with E-state index in [-0.39, 0.29) is 32.3 Å². The molecule has 0 spiro atoms. The average molecular weight is 639 g/mol. The van der Waals surface area contributed by atoms with Crippen LogP contribution >= 0.6 is 0 Å². The van der Waals surface area contributed by atoms with Crippen LogP contribution in [0.3, 0.4) is 0 Å². The van der Waals surface area contributed by atoms with Gasteiger partial charge in [0.05, 0.1) is 0 Å². The van der Waals surface area contributed by atoms with Crippen LogP contribution in [0.15, 0.2) is 57.2 Å². The van der Waals surface area contributed by atoms with Crippen LogP contribution in [0, 0.1) is 20.2 Å². The Morgan fingerprint density at radius 3 is 1.87 bits per heavy atom. The number of rotatable bonds is 8. The molecule has 0 saturated heterocycles. The summed E-state index contributed by atoms with van der Waals surface area (Å²) in [6, 6.07) is 7.97.